The van der Waals surface area contributed by atoms with Gasteiger partial charge in [-0.2, -0.15) is 5.10 Å². The highest BCUT2D eigenvalue weighted by molar-refractivity contribution is 5.78. The predicted molar refractivity (Wildman–Crippen MR) is 122 cm³/mol. The van der Waals surface area contributed by atoms with Crippen molar-refractivity contribution < 1.29 is 9.53 Å². The number of hydrogen-bond acceptors (Lipinski definition) is 6. The molecule has 0 saturated carbocycles. The molecule has 32 heavy (non-hydrogen) atoms. The Hall–Kier alpha value is -3.26. The summed E-state index contributed by atoms with van der Waals surface area (Å²) in [5.74, 6) is 2.32. The molecule has 4 rings (SSSR count). The number of amides is 1. The second kappa shape index (κ2) is 10.9. The minimum atomic E-state index is 0.00694. The van der Waals surface area contributed by atoms with Crippen LogP contribution < -0.4 is 10.1 Å². The molecule has 0 aliphatic carbocycles. The van der Waals surface area contributed by atoms with E-state index < -0.39 is 0 Å². The number of fused-ring (bicyclic) bond motifs is 1. The summed E-state index contributed by atoms with van der Waals surface area (Å²) in [6, 6.07) is 11.9. The van der Waals surface area contributed by atoms with Gasteiger partial charge in [-0.1, -0.05) is 31.5 Å². The molecule has 8 heteroatoms. The highest BCUT2D eigenvalue weighted by Crippen LogP contribution is 2.26. The molecule has 1 atom stereocenters. The number of para-hydroxylation sites is 1. The quantitative estimate of drug-likeness (QED) is 0.538. The lowest BCUT2D eigenvalue weighted by atomic mass is 10.1. The van der Waals surface area contributed by atoms with E-state index in [1.165, 1.54) is 0 Å². The van der Waals surface area contributed by atoms with E-state index in [9.17, 15) is 4.79 Å². The number of carbonyl (C=O) groups is 1. The fourth-order valence-corrected chi connectivity index (χ4v) is 3.88. The first-order valence-corrected chi connectivity index (χ1v) is 11.3. The van der Waals surface area contributed by atoms with Crippen LogP contribution in [0, 0.1) is 0 Å². The van der Waals surface area contributed by atoms with Crippen LogP contribution in [0.3, 0.4) is 0 Å². The van der Waals surface area contributed by atoms with Crippen LogP contribution in [-0.2, 0) is 17.8 Å². The molecule has 1 aromatic carbocycles. The minimum Gasteiger partial charge on any atom is -0.489 e. The third-order valence-electron chi connectivity index (χ3n) is 5.52. The van der Waals surface area contributed by atoms with E-state index in [1.54, 1.807) is 12.4 Å². The number of aromatic amines is 1. The zero-order valence-corrected chi connectivity index (χ0v) is 18.5. The van der Waals surface area contributed by atoms with Crippen molar-refractivity contribution in [3.8, 4) is 17.1 Å². The maximum atomic E-state index is 12.6. The van der Waals surface area contributed by atoms with Gasteiger partial charge in [0.25, 0.3) is 0 Å². The topological polar surface area (TPSA) is 96.0 Å². The monoisotopic (exact) mass is 434 g/mol. The van der Waals surface area contributed by atoms with Gasteiger partial charge in [-0.15, -0.1) is 0 Å². The summed E-state index contributed by atoms with van der Waals surface area (Å²) in [6.45, 7) is 4.50. The van der Waals surface area contributed by atoms with Crippen LogP contribution in [0.4, 0.5) is 0 Å². The number of nitrogens with one attached hydrogen (secondary N) is 2. The lowest BCUT2D eigenvalue weighted by Gasteiger charge is -2.23. The van der Waals surface area contributed by atoms with Crippen LogP contribution in [0.2, 0.25) is 0 Å². The van der Waals surface area contributed by atoms with Crippen LogP contribution in [0.1, 0.15) is 37.6 Å². The number of H-pyrrole nitrogens is 1. The molecule has 1 aliphatic heterocycles. The van der Waals surface area contributed by atoms with Crippen molar-refractivity contribution in [2.75, 3.05) is 19.6 Å². The van der Waals surface area contributed by atoms with Gasteiger partial charge in [-0.3, -0.25) is 19.8 Å². The SMILES string of the molecule is CCCCC1CN(CC(=O)NCCc2nc(-c3ccncc3)n[nH]2)Cc2ccccc2O1. The average Bonchev–Trinajstić information content (AvgIpc) is 3.20. The van der Waals surface area contributed by atoms with Crippen molar-refractivity contribution in [3.63, 3.8) is 0 Å². The minimum absolute atomic E-state index is 0.00694. The molecule has 8 nitrogen and oxygen atoms in total. The maximum Gasteiger partial charge on any atom is 0.234 e. The van der Waals surface area contributed by atoms with E-state index in [-0.39, 0.29) is 12.0 Å². The molecule has 1 amide bonds. The summed E-state index contributed by atoms with van der Waals surface area (Å²) < 4.78 is 6.25. The molecule has 3 aromatic rings. The first-order chi connectivity index (χ1) is 15.7. The Labute approximate surface area is 188 Å². The van der Waals surface area contributed by atoms with E-state index >= 15 is 0 Å². The molecule has 0 radical (unpaired) electrons. The third kappa shape index (κ3) is 5.91. The fourth-order valence-electron chi connectivity index (χ4n) is 3.88. The Morgan fingerprint density at radius 2 is 2.09 bits per heavy atom. The first kappa shape index (κ1) is 22.0. The number of nitrogens with zero attached hydrogens (tertiary/aromatic N) is 4. The molecule has 1 aliphatic rings. The largest absolute Gasteiger partial charge is 0.489 e. The van der Waals surface area contributed by atoms with E-state index in [4.69, 9.17) is 4.74 Å². The van der Waals surface area contributed by atoms with Crippen LogP contribution in [0.15, 0.2) is 48.8 Å². The number of benzene rings is 1. The second-order valence-corrected chi connectivity index (χ2v) is 8.10. The average molecular weight is 435 g/mol. The number of carbonyl (C=O) groups excluding carboxylic acids is 1. The van der Waals surface area contributed by atoms with Crippen molar-refractivity contribution in [2.24, 2.45) is 0 Å². The van der Waals surface area contributed by atoms with Crippen molar-refractivity contribution in [1.82, 2.24) is 30.4 Å². The van der Waals surface area contributed by atoms with Crippen molar-refractivity contribution in [2.45, 2.75) is 45.3 Å². The van der Waals surface area contributed by atoms with Crippen LogP contribution in [0.5, 0.6) is 5.75 Å². The van der Waals surface area contributed by atoms with E-state index in [0.717, 1.165) is 48.5 Å². The van der Waals surface area contributed by atoms with E-state index in [2.05, 4.69) is 43.4 Å². The number of rotatable bonds is 9. The number of ether oxygens (including phenoxy) is 1. The Morgan fingerprint density at radius 3 is 2.94 bits per heavy atom. The fraction of sp³-hybridized carbons (Fsp3) is 0.417. The summed E-state index contributed by atoms with van der Waals surface area (Å²) in [6.07, 6.45) is 7.36. The van der Waals surface area contributed by atoms with Gasteiger partial charge < -0.3 is 10.1 Å². The number of hydrogen-bond donors (Lipinski definition) is 2. The molecule has 0 fully saturated rings. The summed E-state index contributed by atoms with van der Waals surface area (Å²) >= 11 is 0. The first-order valence-electron chi connectivity index (χ1n) is 11.3. The molecular formula is C24H30N6O2. The Kier molecular flexibility index (Phi) is 7.45. The van der Waals surface area contributed by atoms with E-state index in [1.807, 2.05) is 30.3 Å². The normalized spacial score (nSPS) is 16.1. The zero-order valence-electron chi connectivity index (χ0n) is 18.5. The summed E-state index contributed by atoms with van der Waals surface area (Å²) in [5.41, 5.74) is 2.04. The predicted octanol–water partition coefficient (Wildman–Crippen LogP) is 2.98. The molecule has 0 saturated heterocycles. The number of pyridine rings is 1. The van der Waals surface area contributed by atoms with Crippen LogP contribution >= 0.6 is 0 Å². The maximum absolute atomic E-state index is 12.6. The molecular weight excluding hydrogens is 404 g/mol. The lowest BCUT2D eigenvalue weighted by molar-refractivity contribution is -0.122. The summed E-state index contributed by atoms with van der Waals surface area (Å²) in [5, 5.41) is 10.2. The summed E-state index contributed by atoms with van der Waals surface area (Å²) in [4.78, 5) is 23.3. The summed E-state index contributed by atoms with van der Waals surface area (Å²) in [7, 11) is 0. The Bertz CT molecular complexity index is 1010. The molecule has 2 N–H and O–H groups in total. The molecule has 168 valence electrons. The van der Waals surface area contributed by atoms with Gasteiger partial charge in [0.15, 0.2) is 5.82 Å². The Balaban J connectivity index is 1.29. The van der Waals surface area contributed by atoms with Gasteiger partial charge in [-0.25, -0.2) is 4.98 Å². The number of aromatic nitrogens is 4. The standard InChI is InChI=1S/C24H30N6O2/c1-2-3-7-20-16-30(15-19-6-4-5-8-21(19)32-20)17-23(31)26-14-11-22-27-24(29-28-22)18-9-12-25-13-10-18/h4-6,8-10,12-13,20H,2-3,7,11,14-17H2,1H3,(H,26,31)(H,27,28,29). The highest BCUT2D eigenvalue weighted by Gasteiger charge is 2.23. The van der Waals surface area contributed by atoms with Crippen molar-refractivity contribution in [3.05, 3.63) is 60.2 Å². The molecule has 2 aromatic heterocycles. The zero-order chi connectivity index (χ0) is 22.2. The lowest BCUT2D eigenvalue weighted by Crippen LogP contribution is -2.41. The smallest absolute Gasteiger partial charge is 0.234 e. The Morgan fingerprint density at radius 1 is 1.25 bits per heavy atom. The third-order valence-corrected chi connectivity index (χ3v) is 5.52. The number of unbranched alkanes of at least 4 members (excludes halogenated alkanes) is 1. The van der Waals surface area contributed by atoms with Crippen LogP contribution in [-0.4, -0.2) is 56.7 Å². The van der Waals surface area contributed by atoms with Crippen molar-refractivity contribution in [1.29, 1.82) is 0 Å². The highest BCUT2D eigenvalue weighted by atomic mass is 16.5. The van der Waals surface area contributed by atoms with Gasteiger partial charge in [0.05, 0.1) is 6.54 Å². The molecule has 0 bridgehead atoms. The molecule has 0 spiro atoms. The van der Waals surface area contributed by atoms with Crippen LogP contribution in [0.25, 0.3) is 11.4 Å². The van der Waals surface area contributed by atoms with Gasteiger partial charge in [0.1, 0.15) is 17.7 Å². The van der Waals surface area contributed by atoms with E-state index in [0.29, 0.717) is 31.9 Å². The van der Waals surface area contributed by atoms with Crippen molar-refractivity contribution >= 4 is 5.91 Å². The molecule has 3 heterocycles. The van der Waals surface area contributed by atoms with Gasteiger partial charge >= 0.3 is 0 Å². The molecule has 1 unspecified atom stereocenters. The van der Waals surface area contributed by atoms with Gasteiger partial charge in [-0.05, 0) is 31.0 Å². The van der Waals surface area contributed by atoms with Gasteiger partial charge in [0.2, 0.25) is 5.91 Å². The van der Waals surface area contributed by atoms with Gasteiger partial charge in [0, 0.05) is 49.6 Å². The second-order valence-electron chi connectivity index (χ2n) is 8.10.